The molecular formula is C44H71N7O31. The molecule has 82 heavy (non-hydrogen) atoms. The Morgan fingerprint density at radius 2 is 0.537 bits per heavy atom. The Kier molecular flexibility index (Phi) is 22.7. The molecule has 6 fully saturated rings. The van der Waals surface area contributed by atoms with Crippen LogP contribution >= 0.6 is 0 Å². The van der Waals surface area contributed by atoms with Crippen molar-refractivity contribution in [1.29, 1.82) is 0 Å². The topological polar surface area (TPSA) is 637 Å². The molecule has 0 aromatic rings. The van der Waals surface area contributed by atoms with Gasteiger partial charge in [-0.3, -0.25) is 28.8 Å². The lowest BCUT2D eigenvalue weighted by Crippen LogP contribution is -2.69. The Balaban J connectivity index is 1.04. The van der Waals surface area contributed by atoms with Crippen molar-refractivity contribution >= 4 is 41.4 Å². The predicted octanol–water partition coefficient (Wildman–Crippen LogP) is -18.1. The number of hydrogen-bond donors (Lipinski definition) is 25. The molecule has 6 aliphatic rings. The number of carboxylic acids is 1. The Morgan fingerprint density at radius 3 is 0.805 bits per heavy atom. The van der Waals surface area contributed by atoms with E-state index in [1.165, 1.54) is 0 Å². The van der Waals surface area contributed by atoms with Gasteiger partial charge in [-0.05, 0) is 0 Å². The molecule has 0 radical (unpaired) electrons. The van der Waals surface area contributed by atoms with E-state index in [2.05, 4.69) is 31.9 Å². The maximum absolute atomic E-state index is 13.8. The number of aliphatic carboxylic acids is 1. The van der Waals surface area contributed by atoms with Crippen molar-refractivity contribution in [2.24, 2.45) is 5.73 Å². The van der Waals surface area contributed by atoms with Gasteiger partial charge in [0.15, 0.2) is 36.6 Å². The summed E-state index contributed by atoms with van der Waals surface area (Å²) in [5.41, 5.74) is 5.50. The van der Waals surface area contributed by atoms with Crippen LogP contribution in [0.15, 0.2) is 0 Å². The van der Waals surface area contributed by atoms with Gasteiger partial charge in [-0.1, -0.05) is 0 Å². The summed E-state index contributed by atoms with van der Waals surface area (Å²) in [5, 5.41) is 202. The summed E-state index contributed by atoms with van der Waals surface area (Å²) < 4.78 is 32.6. The van der Waals surface area contributed by atoms with Crippen molar-refractivity contribution in [3.8, 4) is 0 Å². The zero-order valence-corrected chi connectivity index (χ0v) is 43.0. The number of ether oxygens (including phenoxy) is 6. The van der Waals surface area contributed by atoms with E-state index >= 15 is 0 Å². The highest BCUT2D eigenvalue weighted by molar-refractivity contribution is 5.85. The van der Waals surface area contributed by atoms with E-state index in [-0.39, 0.29) is 6.54 Å². The Labute approximate surface area is 461 Å². The van der Waals surface area contributed by atoms with Gasteiger partial charge in [0.05, 0.1) is 12.1 Å². The molecule has 6 saturated heterocycles. The third-order valence-corrected chi connectivity index (χ3v) is 14.8. The molecule has 0 spiro atoms. The standard InChI is InChI=1S/C44H71N7O31/c1-8(52)51-15-22(59)17(54)10(78-33(15)39(70)46-4-11-18(55)24(61)29(66)37(79-11)43(74)50-7-14-21(58)27(64)32(69)38(82-14)44(75)76)3-47-41(72)35-30(67)26(63)20(57)13(81-35)6-49-42(73)36-31(68)25(62)19(56)12(80-36)5-48-40(71)34-28(65)23(60)16(53)9(2-45)77-34/h9-38,53-69H,2-7,45H2,1H3,(H,46,70)(H,47,72)(H,48,71)(H,49,73)(H,50,74)(H,51,52)(H,75,76)/t9-,10-,11-,12-,13-,14-,15-,16-,17-,18+,19-,20-,21+,22-,23+,24+,25+,26+,27+,28-,29-,30-,31-,32-,33-,34-,35-,36-,37-,38-/m1/s1. The van der Waals surface area contributed by atoms with Crippen LogP contribution in [0.3, 0.4) is 0 Å². The first-order chi connectivity index (χ1) is 38.4. The minimum atomic E-state index is -2.21. The fourth-order valence-electron chi connectivity index (χ4n) is 9.96. The quantitative estimate of drug-likeness (QED) is 0.0606. The van der Waals surface area contributed by atoms with Crippen LogP contribution in [0.4, 0.5) is 0 Å². The molecule has 26 N–H and O–H groups in total. The monoisotopic (exact) mass is 1190 g/mol. The highest BCUT2D eigenvalue weighted by Crippen LogP contribution is 2.28. The Bertz CT molecular complexity index is 2250. The number of carbonyl (C=O) groups excluding carboxylic acids is 6. The number of carbonyl (C=O) groups is 7. The molecule has 0 aliphatic carbocycles. The van der Waals surface area contributed by atoms with Crippen molar-refractivity contribution < 1.29 is 154 Å². The van der Waals surface area contributed by atoms with Gasteiger partial charge >= 0.3 is 5.97 Å². The van der Waals surface area contributed by atoms with E-state index in [1.54, 1.807) is 0 Å². The lowest BCUT2D eigenvalue weighted by atomic mass is 9.91. The van der Waals surface area contributed by atoms with Gasteiger partial charge in [0, 0.05) is 46.2 Å². The summed E-state index contributed by atoms with van der Waals surface area (Å²) in [5.74, 6) is -8.76. The second-order valence-corrected chi connectivity index (χ2v) is 20.4. The van der Waals surface area contributed by atoms with Crippen LogP contribution < -0.4 is 37.6 Å². The van der Waals surface area contributed by atoms with Crippen molar-refractivity contribution in [1.82, 2.24) is 31.9 Å². The van der Waals surface area contributed by atoms with Crippen molar-refractivity contribution in [3.05, 3.63) is 0 Å². The molecule has 0 unspecified atom stereocenters. The second-order valence-electron chi connectivity index (χ2n) is 20.4. The van der Waals surface area contributed by atoms with Gasteiger partial charge in [0.2, 0.25) is 5.91 Å². The zero-order valence-electron chi connectivity index (χ0n) is 43.0. The van der Waals surface area contributed by atoms with Gasteiger partial charge in [-0.15, -0.1) is 0 Å². The molecule has 468 valence electrons. The number of nitrogens with two attached hydrogens (primary N) is 1. The normalized spacial score (nSPS) is 45.2. The van der Waals surface area contributed by atoms with Crippen LogP contribution in [0.1, 0.15) is 6.92 Å². The van der Waals surface area contributed by atoms with Crippen molar-refractivity contribution in [3.63, 3.8) is 0 Å². The fourth-order valence-corrected chi connectivity index (χ4v) is 9.96. The molecule has 6 heterocycles. The van der Waals surface area contributed by atoms with E-state index in [1.807, 2.05) is 0 Å². The minimum Gasteiger partial charge on any atom is -0.479 e. The smallest absolute Gasteiger partial charge is 0.335 e. The summed E-state index contributed by atoms with van der Waals surface area (Å²) in [4.78, 5) is 90.4. The molecule has 30 atom stereocenters. The number of hydrogen-bond acceptors (Lipinski definition) is 31. The molecule has 38 nitrogen and oxygen atoms in total. The number of aliphatic hydroxyl groups excluding tert-OH is 17. The number of aliphatic hydroxyl groups is 17. The van der Waals surface area contributed by atoms with Gasteiger partial charge in [0.1, 0.15) is 134 Å². The maximum atomic E-state index is 13.8. The van der Waals surface area contributed by atoms with Crippen LogP contribution in [0, 0.1) is 0 Å². The Hall–Kier alpha value is -4.67. The number of nitrogens with one attached hydrogen (secondary N) is 6. The third kappa shape index (κ3) is 14.3. The Morgan fingerprint density at radius 1 is 0.317 bits per heavy atom. The fraction of sp³-hybridized carbons (Fsp3) is 0.841. The van der Waals surface area contributed by atoms with Crippen molar-refractivity contribution in [2.75, 3.05) is 39.3 Å². The summed E-state index contributed by atoms with van der Waals surface area (Å²) >= 11 is 0. The molecule has 6 rings (SSSR count). The SMILES string of the molecule is CC(=O)N[C@@H]1[C@@H](O)[C@H](O)[C@@H](CNC(=O)[C@@H]2O[C@H](CNC(=O)[C@@H]3O[C@H](CNC(=O)[C@@H]4O[C@H](CN)[C@@H](O)[C@H](O)[C@H]4O)[C@@H](O)[C@H](O)[C@H]3O)[C@@H](O)[C@H](O)[C@H]2O)O[C@H]1C(=O)NC[C@H]1O[C@@H](C(=O)NC[C@H]2O[C@@H](C(=O)O)[C@H](O)[C@@H](O)[C@H]2O)[C@H](O)[C@@H](O)[C@H]1O. The first-order valence-corrected chi connectivity index (χ1v) is 25.5. The van der Waals surface area contributed by atoms with E-state index in [0.717, 1.165) is 6.92 Å². The van der Waals surface area contributed by atoms with E-state index in [0.29, 0.717) is 0 Å². The van der Waals surface area contributed by atoms with Crippen LogP contribution in [0.2, 0.25) is 0 Å². The predicted molar refractivity (Wildman–Crippen MR) is 253 cm³/mol. The molecular weight excluding hydrogens is 1120 g/mol. The molecule has 0 saturated carbocycles. The van der Waals surface area contributed by atoms with Gasteiger partial charge in [0.25, 0.3) is 29.5 Å². The van der Waals surface area contributed by atoms with Gasteiger partial charge in [-0.2, -0.15) is 0 Å². The summed E-state index contributed by atoms with van der Waals surface area (Å²) in [6.45, 7) is -3.41. The second kappa shape index (κ2) is 28.0. The summed E-state index contributed by atoms with van der Waals surface area (Å²) in [6.07, 6.45) is -56.5. The van der Waals surface area contributed by atoms with E-state index in [9.17, 15) is 125 Å². The summed E-state index contributed by atoms with van der Waals surface area (Å²) in [6, 6.07) is -1.76. The van der Waals surface area contributed by atoms with Gasteiger partial charge < -0.3 is 158 Å². The van der Waals surface area contributed by atoms with Crippen LogP contribution in [-0.4, -0.2) is 356 Å². The summed E-state index contributed by atoms with van der Waals surface area (Å²) in [7, 11) is 0. The van der Waals surface area contributed by atoms with Crippen molar-refractivity contribution in [2.45, 2.75) is 190 Å². The maximum Gasteiger partial charge on any atom is 0.335 e. The first-order valence-electron chi connectivity index (χ1n) is 25.5. The average Bonchev–Trinajstić information content (AvgIpc) is 3.63. The minimum absolute atomic E-state index is 0.370. The zero-order chi connectivity index (χ0) is 61.1. The van der Waals surface area contributed by atoms with Gasteiger partial charge in [-0.25, -0.2) is 4.79 Å². The van der Waals surface area contributed by atoms with Crippen LogP contribution in [-0.2, 0) is 62.0 Å². The van der Waals surface area contributed by atoms with E-state index < -0.39 is 257 Å². The number of rotatable bonds is 18. The molecule has 0 bridgehead atoms. The number of amides is 6. The highest BCUT2D eigenvalue weighted by Gasteiger charge is 2.54. The molecule has 0 aromatic heterocycles. The highest BCUT2D eigenvalue weighted by atomic mass is 16.6. The largest absolute Gasteiger partial charge is 0.479 e. The lowest BCUT2D eigenvalue weighted by Gasteiger charge is -2.43. The lowest BCUT2D eigenvalue weighted by molar-refractivity contribution is -0.228. The van der Waals surface area contributed by atoms with E-state index in [4.69, 9.17) is 34.2 Å². The molecule has 0 aromatic carbocycles. The average molecular weight is 1190 g/mol. The third-order valence-electron chi connectivity index (χ3n) is 14.8. The van der Waals surface area contributed by atoms with Crippen LogP contribution in [0.25, 0.3) is 0 Å². The molecule has 6 amide bonds. The molecule has 38 heteroatoms. The first kappa shape index (κ1) is 66.5. The molecule has 6 aliphatic heterocycles. The van der Waals surface area contributed by atoms with Crippen LogP contribution in [0.5, 0.6) is 0 Å². The number of carboxylic acid groups (broad SMARTS) is 1.